The van der Waals surface area contributed by atoms with E-state index in [9.17, 15) is 5.26 Å². The van der Waals surface area contributed by atoms with E-state index in [1.165, 1.54) is 0 Å². The van der Waals surface area contributed by atoms with Crippen LogP contribution in [0.1, 0.15) is 11.3 Å². The molecular formula is C21H14Cl2N4. The second kappa shape index (κ2) is 7.32. The molecule has 6 heteroatoms. The Balaban J connectivity index is 1.60. The van der Waals surface area contributed by atoms with Gasteiger partial charge < -0.3 is 10.3 Å². The molecule has 0 fully saturated rings. The van der Waals surface area contributed by atoms with Crippen LogP contribution in [0.5, 0.6) is 0 Å². The number of nitrogens with zero attached hydrogens (tertiary/aromatic N) is 2. The zero-order chi connectivity index (χ0) is 18.8. The van der Waals surface area contributed by atoms with Crippen molar-refractivity contribution >= 4 is 39.8 Å². The van der Waals surface area contributed by atoms with Crippen LogP contribution >= 0.6 is 23.2 Å². The summed E-state index contributed by atoms with van der Waals surface area (Å²) < 4.78 is 0. The van der Waals surface area contributed by atoms with Crippen LogP contribution in [-0.4, -0.2) is 9.97 Å². The van der Waals surface area contributed by atoms with Crippen LogP contribution in [0.4, 0.5) is 5.69 Å². The van der Waals surface area contributed by atoms with Crippen molar-refractivity contribution in [1.29, 1.82) is 5.26 Å². The maximum atomic E-state index is 9.34. The van der Waals surface area contributed by atoms with E-state index in [0.717, 1.165) is 33.4 Å². The first-order chi connectivity index (χ1) is 13.1. The van der Waals surface area contributed by atoms with Gasteiger partial charge in [-0.3, -0.25) is 4.98 Å². The predicted molar refractivity (Wildman–Crippen MR) is 110 cm³/mol. The van der Waals surface area contributed by atoms with E-state index in [0.29, 0.717) is 22.2 Å². The summed E-state index contributed by atoms with van der Waals surface area (Å²) >= 11 is 12.2. The number of rotatable bonds is 4. The zero-order valence-electron chi connectivity index (χ0n) is 14.1. The normalized spacial score (nSPS) is 10.7. The largest absolute Gasteiger partial charge is 0.379 e. The lowest BCUT2D eigenvalue weighted by Gasteiger charge is -2.09. The van der Waals surface area contributed by atoms with E-state index in [1.54, 1.807) is 12.4 Å². The maximum absolute atomic E-state index is 9.34. The highest BCUT2D eigenvalue weighted by molar-refractivity contribution is 6.42. The lowest BCUT2D eigenvalue weighted by molar-refractivity contribution is 1.08. The van der Waals surface area contributed by atoms with Gasteiger partial charge in [-0.2, -0.15) is 5.26 Å². The first-order valence-electron chi connectivity index (χ1n) is 8.28. The van der Waals surface area contributed by atoms with E-state index in [1.807, 2.05) is 48.5 Å². The number of hydrogen-bond acceptors (Lipinski definition) is 3. The predicted octanol–water partition coefficient (Wildman–Crippen LogP) is 6.02. The fourth-order valence-electron chi connectivity index (χ4n) is 2.98. The fraction of sp³-hybridized carbons (Fsp3) is 0.0476. The van der Waals surface area contributed by atoms with Crippen LogP contribution < -0.4 is 5.32 Å². The van der Waals surface area contributed by atoms with Gasteiger partial charge in [0, 0.05) is 34.7 Å². The number of nitrogens with one attached hydrogen (secondary N) is 2. The van der Waals surface area contributed by atoms with Crippen LogP contribution in [0, 0.1) is 11.3 Å². The summed E-state index contributed by atoms with van der Waals surface area (Å²) in [5, 5.41) is 14.8. The number of aromatic amines is 1. The van der Waals surface area contributed by atoms with Crippen molar-refractivity contribution in [3.05, 3.63) is 82.2 Å². The molecule has 4 aromatic rings. The van der Waals surface area contributed by atoms with Gasteiger partial charge in [0.15, 0.2) is 0 Å². The molecule has 0 bridgehead atoms. The molecule has 2 heterocycles. The minimum Gasteiger partial charge on any atom is -0.379 e. The highest BCUT2D eigenvalue weighted by Gasteiger charge is 2.07. The molecule has 2 aromatic carbocycles. The molecule has 0 aliphatic rings. The molecule has 4 nitrogen and oxygen atoms in total. The Hall–Kier alpha value is -3.00. The van der Waals surface area contributed by atoms with Crippen molar-refractivity contribution in [2.45, 2.75) is 6.54 Å². The molecule has 2 N–H and O–H groups in total. The number of hydrogen-bond donors (Lipinski definition) is 2. The van der Waals surface area contributed by atoms with Gasteiger partial charge in [-0.25, -0.2) is 0 Å². The Morgan fingerprint density at radius 2 is 1.74 bits per heavy atom. The van der Waals surface area contributed by atoms with Crippen molar-refractivity contribution in [2.24, 2.45) is 0 Å². The van der Waals surface area contributed by atoms with Crippen LogP contribution in [0.2, 0.25) is 10.0 Å². The van der Waals surface area contributed by atoms with Gasteiger partial charge in [0.2, 0.25) is 0 Å². The summed E-state index contributed by atoms with van der Waals surface area (Å²) in [4.78, 5) is 7.37. The molecule has 0 aliphatic carbocycles. The van der Waals surface area contributed by atoms with Crippen molar-refractivity contribution in [2.75, 3.05) is 5.32 Å². The second-order valence-electron chi connectivity index (χ2n) is 6.15. The van der Waals surface area contributed by atoms with Crippen molar-refractivity contribution < 1.29 is 0 Å². The maximum Gasteiger partial charge on any atom is 0.0992 e. The van der Waals surface area contributed by atoms with Gasteiger partial charge in [-0.15, -0.1) is 0 Å². The van der Waals surface area contributed by atoms with Crippen LogP contribution in [-0.2, 0) is 6.54 Å². The molecule has 2 aromatic heterocycles. The molecule has 0 atom stereocenters. The number of anilines is 1. The average Bonchev–Trinajstić information content (AvgIpc) is 3.08. The Kier molecular flexibility index (Phi) is 4.72. The van der Waals surface area contributed by atoms with E-state index in [4.69, 9.17) is 23.2 Å². The summed E-state index contributed by atoms with van der Waals surface area (Å²) in [6.45, 7) is 0.578. The SMILES string of the molecule is N#Cc1cc(NCc2cc3cc(Cl)c(Cl)cc3[nH]2)cc(-c2ccncc2)c1. The van der Waals surface area contributed by atoms with Crippen molar-refractivity contribution in [3.8, 4) is 17.2 Å². The Morgan fingerprint density at radius 3 is 2.52 bits per heavy atom. The van der Waals surface area contributed by atoms with Gasteiger partial charge in [0.25, 0.3) is 0 Å². The number of pyridine rings is 1. The summed E-state index contributed by atoms with van der Waals surface area (Å²) in [5.41, 5.74) is 5.38. The molecule has 27 heavy (non-hydrogen) atoms. The number of benzene rings is 2. The van der Waals surface area contributed by atoms with Crippen LogP contribution in [0.15, 0.2) is 60.9 Å². The number of H-pyrrole nitrogens is 1. The van der Waals surface area contributed by atoms with E-state index < -0.39 is 0 Å². The summed E-state index contributed by atoms with van der Waals surface area (Å²) in [6.07, 6.45) is 3.48. The third-order valence-corrected chi connectivity index (χ3v) is 5.00. The Labute approximate surface area is 166 Å². The van der Waals surface area contributed by atoms with E-state index >= 15 is 0 Å². The molecule has 0 spiro atoms. The van der Waals surface area contributed by atoms with Gasteiger partial charge >= 0.3 is 0 Å². The standard InChI is InChI=1S/C21H14Cl2N4/c22-19-9-16-8-18(27-21(16)10-20(19)23)12-26-17-6-13(11-24)5-15(7-17)14-1-3-25-4-2-14/h1-10,26-27H,12H2. The Bertz CT molecular complexity index is 1120. The molecule has 0 aliphatic heterocycles. The molecule has 0 saturated carbocycles. The molecule has 0 amide bonds. The van der Waals surface area contributed by atoms with Gasteiger partial charge in [0.1, 0.15) is 0 Å². The quantitative estimate of drug-likeness (QED) is 0.446. The van der Waals surface area contributed by atoms with E-state index in [2.05, 4.69) is 21.4 Å². The average molecular weight is 393 g/mol. The van der Waals surface area contributed by atoms with Gasteiger partial charge in [-0.1, -0.05) is 23.2 Å². The van der Waals surface area contributed by atoms with Gasteiger partial charge in [-0.05, 0) is 59.7 Å². The van der Waals surface area contributed by atoms with Crippen molar-refractivity contribution in [1.82, 2.24) is 9.97 Å². The van der Waals surface area contributed by atoms with Gasteiger partial charge in [0.05, 0.1) is 28.2 Å². The molecule has 0 radical (unpaired) electrons. The monoisotopic (exact) mass is 392 g/mol. The zero-order valence-corrected chi connectivity index (χ0v) is 15.6. The lowest BCUT2D eigenvalue weighted by Crippen LogP contribution is -2.00. The third kappa shape index (κ3) is 3.75. The topological polar surface area (TPSA) is 64.5 Å². The molecule has 132 valence electrons. The Morgan fingerprint density at radius 1 is 0.963 bits per heavy atom. The molecule has 4 rings (SSSR count). The number of halogens is 2. The van der Waals surface area contributed by atoms with Crippen molar-refractivity contribution in [3.63, 3.8) is 0 Å². The summed E-state index contributed by atoms with van der Waals surface area (Å²) in [7, 11) is 0. The smallest absolute Gasteiger partial charge is 0.0992 e. The first-order valence-corrected chi connectivity index (χ1v) is 9.04. The fourth-order valence-corrected chi connectivity index (χ4v) is 3.32. The van der Waals surface area contributed by atoms with Crippen LogP contribution in [0.3, 0.4) is 0 Å². The first kappa shape index (κ1) is 17.4. The number of fused-ring (bicyclic) bond motifs is 1. The molecular weight excluding hydrogens is 379 g/mol. The van der Waals surface area contributed by atoms with E-state index in [-0.39, 0.29) is 0 Å². The number of aromatic nitrogens is 2. The number of nitriles is 1. The summed E-state index contributed by atoms with van der Waals surface area (Å²) in [5.74, 6) is 0. The molecule has 0 unspecified atom stereocenters. The highest BCUT2D eigenvalue weighted by atomic mass is 35.5. The second-order valence-corrected chi connectivity index (χ2v) is 6.96. The highest BCUT2D eigenvalue weighted by Crippen LogP contribution is 2.29. The summed E-state index contributed by atoms with van der Waals surface area (Å²) in [6, 6.07) is 17.5. The van der Waals surface area contributed by atoms with Crippen LogP contribution in [0.25, 0.3) is 22.0 Å². The molecule has 0 saturated heterocycles. The minimum atomic E-state index is 0.522. The minimum absolute atomic E-state index is 0.522. The lowest BCUT2D eigenvalue weighted by atomic mass is 10.0. The third-order valence-electron chi connectivity index (χ3n) is 4.28.